The molecule has 4 rings (SSSR count). The highest BCUT2D eigenvalue weighted by atomic mass is 35.5. The van der Waals surface area contributed by atoms with Crippen LogP contribution in [0.2, 0.25) is 5.02 Å². The fraction of sp³-hybridized carbons (Fsp3) is 0.0455. The molecule has 2 amide bonds. The predicted molar refractivity (Wildman–Crippen MR) is 131 cm³/mol. The molecule has 1 saturated heterocycles. The number of amides is 2. The Bertz CT molecular complexity index is 1350. The Morgan fingerprint density at radius 1 is 1.24 bits per heavy atom. The molecule has 9 nitrogen and oxygen atoms in total. The number of nitro benzene ring substituents is 1. The topological polar surface area (TPSA) is 115 Å². The van der Waals surface area contributed by atoms with Crippen LogP contribution in [0.1, 0.15) is 16.1 Å². The average Bonchev–Trinajstić information content (AvgIpc) is 3.39. The average molecular weight is 516 g/mol. The van der Waals surface area contributed by atoms with Crippen molar-refractivity contribution in [3.05, 3.63) is 86.0 Å². The number of carbonyl (C=O) groups is 2. The van der Waals surface area contributed by atoms with Crippen molar-refractivity contribution in [2.75, 3.05) is 7.11 Å². The van der Waals surface area contributed by atoms with E-state index >= 15 is 0 Å². The molecule has 172 valence electrons. The van der Waals surface area contributed by atoms with Gasteiger partial charge < -0.3 is 9.15 Å². The number of carbonyl (C=O) groups excluding carboxylic acids is 2. The molecule has 34 heavy (non-hydrogen) atoms. The van der Waals surface area contributed by atoms with E-state index in [-0.39, 0.29) is 37.0 Å². The highest BCUT2D eigenvalue weighted by molar-refractivity contribution is 8.26. The first-order valence-electron chi connectivity index (χ1n) is 9.54. The van der Waals surface area contributed by atoms with Crippen LogP contribution in [0.3, 0.4) is 0 Å². The molecule has 2 heterocycles. The van der Waals surface area contributed by atoms with Gasteiger partial charge in [-0.25, -0.2) is 0 Å². The molecule has 12 heteroatoms. The molecule has 1 fully saturated rings. The number of nitrogens with zero attached hydrogens (tertiary/aromatic N) is 2. The highest BCUT2D eigenvalue weighted by Gasteiger charge is 2.34. The second kappa shape index (κ2) is 9.67. The van der Waals surface area contributed by atoms with Crippen molar-refractivity contribution >= 4 is 63.5 Å². The van der Waals surface area contributed by atoms with Crippen molar-refractivity contribution < 1.29 is 23.7 Å². The van der Waals surface area contributed by atoms with Gasteiger partial charge in [-0.2, -0.15) is 5.01 Å². The Kier molecular flexibility index (Phi) is 6.68. The number of thioether (sulfide) groups is 1. The second-order valence-electron chi connectivity index (χ2n) is 6.81. The summed E-state index contributed by atoms with van der Waals surface area (Å²) in [6, 6.07) is 13.7. The number of thiocarbonyl (C=S) groups is 1. The number of ether oxygens (including phenoxy) is 1. The Morgan fingerprint density at radius 3 is 2.65 bits per heavy atom. The van der Waals surface area contributed by atoms with E-state index in [1.54, 1.807) is 36.4 Å². The van der Waals surface area contributed by atoms with Crippen molar-refractivity contribution in [2.45, 2.75) is 0 Å². The minimum Gasteiger partial charge on any atom is -0.497 e. The molecule has 3 aromatic rings. The number of nitro groups is 1. The first-order chi connectivity index (χ1) is 16.3. The minimum atomic E-state index is -0.556. The van der Waals surface area contributed by atoms with Gasteiger partial charge in [0.05, 0.1) is 22.5 Å². The van der Waals surface area contributed by atoms with Crippen molar-refractivity contribution in [1.82, 2.24) is 10.4 Å². The van der Waals surface area contributed by atoms with Crippen molar-refractivity contribution in [3.8, 4) is 17.1 Å². The number of benzene rings is 2. The summed E-state index contributed by atoms with van der Waals surface area (Å²) in [7, 11) is 1.51. The Labute approximate surface area is 207 Å². The van der Waals surface area contributed by atoms with E-state index in [0.717, 1.165) is 16.8 Å². The smallest absolute Gasteiger partial charge is 0.285 e. The number of hydrogen-bond donors (Lipinski definition) is 1. The fourth-order valence-electron chi connectivity index (χ4n) is 3.04. The number of hydrazine groups is 1. The summed E-state index contributed by atoms with van der Waals surface area (Å²) in [6.45, 7) is 0. The van der Waals surface area contributed by atoms with Crippen molar-refractivity contribution in [3.63, 3.8) is 0 Å². The lowest BCUT2D eigenvalue weighted by Gasteiger charge is -2.15. The molecule has 0 atom stereocenters. The molecular weight excluding hydrogens is 502 g/mol. The van der Waals surface area contributed by atoms with E-state index in [9.17, 15) is 19.7 Å². The van der Waals surface area contributed by atoms with Crippen LogP contribution in [-0.4, -0.2) is 33.2 Å². The summed E-state index contributed by atoms with van der Waals surface area (Å²) in [5, 5.41) is 12.6. The number of halogens is 1. The quantitative estimate of drug-likeness (QED) is 0.209. The number of furan rings is 1. The first kappa shape index (κ1) is 23.5. The number of nitrogens with one attached hydrogen (secondary N) is 1. The maximum Gasteiger partial charge on any atom is 0.285 e. The van der Waals surface area contributed by atoms with Gasteiger partial charge in [0.2, 0.25) is 0 Å². The predicted octanol–water partition coefficient (Wildman–Crippen LogP) is 5.06. The normalized spacial score (nSPS) is 14.5. The van der Waals surface area contributed by atoms with Gasteiger partial charge in [0.15, 0.2) is 4.32 Å². The Hall–Kier alpha value is -3.67. The van der Waals surface area contributed by atoms with Gasteiger partial charge in [0.1, 0.15) is 17.3 Å². The zero-order valence-electron chi connectivity index (χ0n) is 17.3. The largest absolute Gasteiger partial charge is 0.497 e. The summed E-state index contributed by atoms with van der Waals surface area (Å²) in [4.78, 5) is 36.3. The third-order valence-corrected chi connectivity index (χ3v) is 6.22. The summed E-state index contributed by atoms with van der Waals surface area (Å²) in [5.74, 6) is 0.0498. The maximum atomic E-state index is 12.8. The minimum absolute atomic E-state index is 0.137. The summed E-state index contributed by atoms with van der Waals surface area (Å²) in [6.07, 6.45) is 1.45. The molecule has 0 spiro atoms. The molecule has 0 unspecified atom stereocenters. The zero-order chi connectivity index (χ0) is 24.4. The number of rotatable bonds is 6. The van der Waals surface area contributed by atoms with Gasteiger partial charge in [0.25, 0.3) is 17.5 Å². The number of methoxy groups -OCH3 is 1. The van der Waals surface area contributed by atoms with Crippen LogP contribution in [0, 0.1) is 10.1 Å². The molecule has 1 aliphatic heterocycles. The maximum absolute atomic E-state index is 12.8. The van der Waals surface area contributed by atoms with Gasteiger partial charge in [-0.3, -0.25) is 25.1 Å². The van der Waals surface area contributed by atoms with Crippen LogP contribution in [0.25, 0.3) is 17.4 Å². The molecule has 0 saturated carbocycles. The number of hydrogen-bond acceptors (Lipinski definition) is 8. The van der Waals surface area contributed by atoms with E-state index in [2.05, 4.69) is 5.43 Å². The molecule has 2 aromatic carbocycles. The lowest BCUT2D eigenvalue weighted by atomic mass is 10.1. The van der Waals surface area contributed by atoms with E-state index in [1.807, 2.05) is 0 Å². The van der Waals surface area contributed by atoms with Gasteiger partial charge in [-0.05, 0) is 60.7 Å². The molecule has 1 aromatic heterocycles. The zero-order valence-corrected chi connectivity index (χ0v) is 19.7. The van der Waals surface area contributed by atoms with Crippen molar-refractivity contribution in [1.29, 1.82) is 0 Å². The van der Waals surface area contributed by atoms with E-state index in [0.29, 0.717) is 11.3 Å². The molecule has 1 aliphatic rings. The Balaban J connectivity index is 1.52. The van der Waals surface area contributed by atoms with Crippen LogP contribution >= 0.6 is 35.6 Å². The van der Waals surface area contributed by atoms with Gasteiger partial charge in [-0.15, -0.1) is 0 Å². The van der Waals surface area contributed by atoms with E-state index < -0.39 is 16.7 Å². The third kappa shape index (κ3) is 4.81. The van der Waals surface area contributed by atoms with Crippen LogP contribution in [0.4, 0.5) is 5.69 Å². The van der Waals surface area contributed by atoms with Crippen molar-refractivity contribution in [2.24, 2.45) is 0 Å². The monoisotopic (exact) mass is 515 g/mol. The van der Waals surface area contributed by atoms with Crippen LogP contribution in [0.5, 0.6) is 5.75 Å². The van der Waals surface area contributed by atoms with Crippen LogP contribution in [0.15, 0.2) is 63.9 Å². The molecule has 0 bridgehead atoms. The lowest BCUT2D eigenvalue weighted by Crippen LogP contribution is -2.44. The highest BCUT2D eigenvalue weighted by Crippen LogP contribution is 2.36. The molecule has 0 aliphatic carbocycles. The van der Waals surface area contributed by atoms with Crippen LogP contribution in [-0.2, 0) is 4.79 Å². The van der Waals surface area contributed by atoms with Crippen LogP contribution < -0.4 is 10.2 Å². The third-order valence-electron chi connectivity index (χ3n) is 4.68. The summed E-state index contributed by atoms with van der Waals surface area (Å²) < 4.78 is 10.9. The first-order valence-corrected chi connectivity index (χ1v) is 11.1. The van der Waals surface area contributed by atoms with Gasteiger partial charge in [0, 0.05) is 22.7 Å². The standard InChI is InChI=1S/C22H14ClN3O6S2/c1-31-14-5-2-12(3-6-14)20(27)24-25-21(28)19(34-22(25)33)11-15-7-9-18(32-15)16-8-4-13(23)10-17(16)26(29)30/h2-11H,1H3,(H,24,27)/b19-11+. The summed E-state index contributed by atoms with van der Waals surface area (Å²) in [5.41, 5.74) is 2.84. The van der Waals surface area contributed by atoms with Gasteiger partial charge in [-0.1, -0.05) is 23.4 Å². The lowest BCUT2D eigenvalue weighted by molar-refractivity contribution is -0.384. The van der Waals surface area contributed by atoms with E-state index in [4.69, 9.17) is 33.0 Å². The van der Waals surface area contributed by atoms with Gasteiger partial charge >= 0.3 is 0 Å². The SMILES string of the molecule is COc1ccc(C(=O)NN2C(=O)/C(=C\c3ccc(-c4ccc(Cl)cc4[N+](=O)[O-])o3)SC2=S)cc1. The Morgan fingerprint density at radius 2 is 1.97 bits per heavy atom. The molecule has 1 N–H and O–H groups in total. The fourth-order valence-corrected chi connectivity index (χ4v) is 4.37. The van der Waals surface area contributed by atoms with E-state index in [1.165, 1.54) is 31.4 Å². The molecule has 0 radical (unpaired) electrons. The summed E-state index contributed by atoms with van der Waals surface area (Å²) >= 11 is 12.1. The second-order valence-corrected chi connectivity index (χ2v) is 8.92. The molecular formula is C22H14ClN3O6S2.